The molecule has 0 atom stereocenters. The van der Waals surface area contributed by atoms with Crippen LogP contribution in [0.25, 0.3) is 11.0 Å². The highest BCUT2D eigenvalue weighted by Crippen LogP contribution is 2.33. The third kappa shape index (κ3) is 5.21. The van der Waals surface area contributed by atoms with Gasteiger partial charge in [-0.3, -0.25) is 9.69 Å². The molecule has 1 aliphatic heterocycles. The predicted octanol–water partition coefficient (Wildman–Crippen LogP) is 5.28. The lowest BCUT2D eigenvalue weighted by molar-refractivity contribution is -0.147. The number of aryl methyl sites for hydroxylation is 2. The maximum absolute atomic E-state index is 13.6. The number of amides is 1. The summed E-state index contributed by atoms with van der Waals surface area (Å²) in [6.07, 6.45) is -2.18. The molecule has 3 aromatic rings. The van der Waals surface area contributed by atoms with E-state index in [1.165, 1.54) is 4.57 Å². The van der Waals surface area contributed by atoms with Gasteiger partial charge in [0.05, 0.1) is 17.6 Å². The lowest BCUT2D eigenvalue weighted by Gasteiger charge is -2.32. The van der Waals surface area contributed by atoms with Crippen molar-refractivity contribution in [3.05, 3.63) is 59.4 Å². The van der Waals surface area contributed by atoms with Crippen molar-refractivity contribution in [3.63, 3.8) is 0 Å². The molecule has 1 N–H and O–H groups in total. The minimum atomic E-state index is -4.50. The molecule has 1 aliphatic rings. The minimum absolute atomic E-state index is 0.0580. The molecule has 0 bridgehead atoms. The number of halogens is 3. The first-order valence-electron chi connectivity index (χ1n) is 11.4. The van der Waals surface area contributed by atoms with Crippen molar-refractivity contribution in [1.29, 1.82) is 0 Å². The Bertz CT molecular complexity index is 1130. The Labute approximate surface area is 191 Å². The van der Waals surface area contributed by atoms with Gasteiger partial charge >= 0.3 is 6.18 Å². The summed E-state index contributed by atoms with van der Waals surface area (Å²) in [5.74, 6) is -0.793. The Morgan fingerprint density at radius 2 is 1.85 bits per heavy atom. The van der Waals surface area contributed by atoms with Gasteiger partial charge in [-0.25, -0.2) is 4.98 Å². The minimum Gasteiger partial charge on any atom is -0.324 e. The molecular formula is C25H29F3N4O. The number of piperidine rings is 1. The highest BCUT2D eigenvalue weighted by atomic mass is 19.4. The number of benzene rings is 2. The van der Waals surface area contributed by atoms with Gasteiger partial charge in [-0.15, -0.1) is 0 Å². The monoisotopic (exact) mass is 458 g/mol. The zero-order valence-electron chi connectivity index (χ0n) is 19.0. The number of nitrogens with zero attached hydrogens (tertiary/aromatic N) is 3. The van der Waals surface area contributed by atoms with Gasteiger partial charge in [0.2, 0.25) is 11.7 Å². The van der Waals surface area contributed by atoms with Crippen molar-refractivity contribution in [2.45, 2.75) is 45.8 Å². The highest BCUT2D eigenvalue weighted by molar-refractivity contribution is 5.93. The number of fused-ring (bicyclic) bond motifs is 1. The Kier molecular flexibility index (Phi) is 6.74. The van der Waals surface area contributed by atoms with Crippen molar-refractivity contribution in [2.75, 3.05) is 25.0 Å². The Hall–Kier alpha value is -2.87. The zero-order valence-corrected chi connectivity index (χ0v) is 19.0. The third-order valence-electron chi connectivity index (χ3n) is 6.43. The molecular weight excluding hydrogens is 429 g/mol. The van der Waals surface area contributed by atoms with Crippen LogP contribution in [-0.4, -0.2) is 40.0 Å². The van der Waals surface area contributed by atoms with Crippen molar-refractivity contribution < 1.29 is 18.0 Å². The van der Waals surface area contributed by atoms with E-state index in [1.807, 2.05) is 25.1 Å². The normalized spacial score (nSPS) is 15.8. The lowest BCUT2D eigenvalue weighted by atomic mass is 9.96. The molecule has 2 heterocycles. The molecule has 4 rings (SSSR count). The van der Waals surface area contributed by atoms with Crippen LogP contribution in [0.4, 0.5) is 18.9 Å². The number of aromatic nitrogens is 2. The number of hydrogen-bond donors (Lipinski definition) is 1. The standard InChI is InChI=1S/C25H29F3N4O/c1-3-19-8-6-7-17(2)23(19)30-22(33)16-31-13-11-18(12-14-31)15-32-21-10-5-4-9-20(21)29-24(32)25(26,27)28/h4-10,18H,3,11-16H2,1-2H3,(H,30,33). The van der Waals surface area contributed by atoms with Crippen molar-refractivity contribution in [3.8, 4) is 0 Å². The van der Waals surface area contributed by atoms with Gasteiger partial charge in [-0.2, -0.15) is 13.2 Å². The number of anilines is 1. The topological polar surface area (TPSA) is 50.2 Å². The molecule has 1 saturated heterocycles. The van der Waals surface area contributed by atoms with E-state index in [4.69, 9.17) is 0 Å². The second kappa shape index (κ2) is 9.55. The van der Waals surface area contributed by atoms with Gasteiger partial charge in [0.25, 0.3) is 0 Å². The third-order valence-corrected chi connectivity index (χ3v) is 6.43. The van der Waals surface area contributed by atoms with Crippen LogP contribution < -0.4 is 5.32 Å². The summed E-state index contributed by atoms with van der Waals surface area (Å²) in [5.41, 5.74) is 3.90. The maximum atomic E-state index is 13.6. The number of rotatable bonds is 6. The molecule has 1 aromatic heterocycles. The van der Waals surface area contributed by atoms with E-state index >= 15 is 0 Å². The SMILES string of the molecule is CCc1cccc(C)c1NC(=O)CN1CCC(Cn2c(C(F)(F)F)nc3ccccc32)CC1. The molecule has 5 nitrogen and oxygen atoms in total. The van der Waals surface area contributed by atoms with E-state index in [0.717, 1.165) is 36.1 Å². The van der Waals surface area contributed by atoms with E-state index in [2.05, 4.69) is 22.1 Å². The summed E-state index contributed by atoms with van der Waals surface area (Å²) >= 11 is 0. The smallest absolute Gasteiger partial charge is 0.324 e. The van der Waals surface area contributed by atoms with Crippen LogP contribution in [-0.2, 0) is 23.9 Å². The molecule has 0 radical (unpaired) electrons. The molecule has 33 heavy (non-hydrogen) atoms. The number of carbonyl (C=O) groups excluding carboxylic acids is 1. The fourth-order valence-electron chi connectivity index (χ4n) is 4.65. The molecule has 0 saturated carbocycles. The number of para-hydroxylation sites is 3. The van der Waals surface area contributed by atoms with E-state index < -0.39 is 12.0 Å². The van der Waals surface area contributed by atoms with E-state index in [1.54, 1.807) is 24.3 Å². The molecule has 2 aromatic carbocycles. The van der Waals surface area contributed by atoms with Crippen LogP contribution in [0.2, 0.25) is 0 Å². The van der Waals surface area contributed by atoms with Crippen molar-refractivity contribution in [2.24, 2.45) is 5.92 Å². The number of alkyl halides is 3. The van der Waals surface area contributed by atoms with Crippen LogP contribution >= 0.6 is 0 Å². The molecule has 0 aliphatic carbocycles. The predicted molar refractivity (Wildman–Crippen MR) is 123 cm³/mol. The second-order valence-electron chi connectivity index (χ2n) is 8.76. The quantitative estimate of drug-likeness (QED) is 0.547. The average molecular weight is 459 g/mol. The first-order valence-corrected chi connectivity index (χ1v) is 11.4. The largest absolute Gasteiger partial charge is 0.449 e. The summed E-state index contributed by atoms with van der Waals surface area (Å²) < 4.78 is 42.0. The Morgan fingerprint density at radius 3 is 2.55 bits per heavy atom. The van der Waals surface area contributed by atoms with Gasteiger partial charge in [-0.1, -0.05) is 37.3 Å². The summed E-state index contributed by atoms with van der Waals surface area (Å²) in [4.78, 5) is 18.6. The van der Waals surface area contributed by atoms with Gasteiger partial charge in [0.1, 0.15) is 0 Å². The molecule has 1 amide bonds. The number of hydrogen-bond acceptors (Lipinski definition) is 3. The summed E-state index contributed by atoms with van der Waals surface area (Å²) in [5, 5.41) is 3.05. The first kappa shape index (κ1) is 23.3. The Morgan fingerprint density at radius 1 is 1.12 bits per heavy atom. The number of nitrogens with one attached hydrogen (secondary N) is 1. The lowest BCUT2D eigenvalue weighted by Crippen LogP contribution is -2.40. The second-order valence-corrected chi connectivity index (χ2v) is 8.76. The van der Waals surface area contributed by atoms with Gasteiger partial charge in [0, 0.05) is 12.2 Å². The first-order chi connectivity index (χ1) is 15.8. The summed E-state index contributed by atoms with van der Waals surface area (Å²) in [6, 6.07) is 12.7. The van der Waals surface area contributed by atoms with Crippen LogP contribution in [0, 0.1) is 12.8 Å². The fraction of sp³-hybridized carbons (Fsp3) is 0.440. The van der Waals surface area contributed by atoms with Gasteiger partial charge < -0.3 is 9.88 Å². The summed E-state index contributed by atoms with van der Waals surface area (Å²) in [6.45, 7) is 5.96. The highest BCUT2D eigenvalue weighted by Gasteiger charge is 2.38. The fourth-order valence-corrected chi connectivity index (χ4v) is 4.65. The van der Waals surface area contributed by atoms with Crippen molar-refractivity contribution in [1.82, 2.24) is 14.5 Å². The van der Waals surface area contributed by atoms with Crippen LogP contribution in [0.1, 0.15) is 36.7 Å². The Balaban J connectivity index is 1.37. The van der Waals surface area contributed by atoms with Crippen LogP contribution in [0.3, 0.4) is 0 Å². The van der Waals surface area contributed by atoms with Crippen LogP contribution in [0.15, 0.2) is 42.5 Å². The maximum Gasteiger partial charge on any atom is 0.449 e. The number of imidazole rings is 1. The van der Waals surface area contributed by atoms with E-state index in [-0.39, 0.29) is 24.9 Å². The van der Waals surface area contributed by atoms with Crippen molar-refractivity contribution >= 4 is 22.6 Å². The van der Waals surface area contributed by atoms with Crippen LogP contribution in [0.5, 0.6) is 0 Å². The van der Waals surface area contributed by atoms with E-state index in [0.29, 0.717) is 24.1 Å². The van der Waals surface area contributed by atoms with Gasteiger partial charge in [0.15, 0.2) is 0 Å². The molecule has 0 unspecified atom stereocenters. The number of carbonyl (C=O) groups is 1. The van der Waals surface area contributed by atoms with Gasteiger partial charge in [-0.05, 0) is 68.5 Å². The summed E-state index contributed by atoms with van der Waals surface area (Å²) in [7, 11) is 0. The number of likely N-dealkylation sites (tertiary alicyclic amines) is 1. The average Bonchev–Trinajstić information content (AvgIpc) is 3.15. The van der Waals surface area contributed by atoms with E-state index in [9.17, 15) is 18.0 Å². The molecule has 176 valence electrons. The molecule has 0 spiro atoms. The zero-order chi connectivity index (χ0) is 23.6. The molecule has 8 heteroatoms. The molecule has 1 fully saturated rings.